The highest BCUT2D eigenvalue weighted by Gasteiger charge is 2.17. The molecule has 4 heteroatoms. The molecule has 0 atom stereocenters. The molecule has 1 saturated heterocycles. The lowest BCUT2D eigenvalue weighted by atomic mass is 10.2. The van der Waals surface area contributed by atoms with E-state index < -0.39 is 0 Å². The largest absolute Gasteiger partial charge is 0.341 e. The molecule has 1 N–H and O–H groups in total. The van der Waals surface area contributed by atoms with Crippen molar-refractivity contribution >= 4 is 17.1 Å². The summed E-state index contributed by atoms with van der Waals surface area (Å²) < 4.78 is 0. The number of para-hydroxylation sites is 2. The number of imidazole rings is 1. The van der Waals surface area contributed by atoms with Crippen molar-refractivity contribution in [3.8, 4) is 0 Å². The van der Waals surface area contributed by atoms with E-state index in [2.05, 4.69) is 74.4 Å². The quantitative estimate of drug-likeness (QED) is 0.778. The maximum atomic E-state index is 4.69. The smallest absolute Gasteiger partial charge is 0.121 e. The maximum Gasteiger partial charge on any atom is 0.121 e. The molecule has 25 heavy (non-hydrogen) atoms. The predicted octanol–water partition coefficient (Wildman–Crippen LogP) is 3.39. The first-order valence-electron chi connectivity index (χ1n) is 8.97. The van der Waals surface area contributed by atoms with Gasteiger partial charge in [0.25, 0.3) is 0 Å². The van der Waals surface area contributed by atoms with E-state index in [1.807, 2.05) is 12.1 Å². The van der Waals surface area contributed by atoms with Crippen LogP contribution < -0.4 is 0 Å². The van der Waals surface area contributed by atoms with E-state index in [-0.39, 0.29) is 0 Å². The molecule has 0 bridgehead atoms. The molecule has 0 aliphatic carbocycles. The molecule has 3 aromatic rings. The van der Waals surface area contributed by atoms with Crippen molar-refractivity contribution in [3.63, 3.8) is 0 Å². The number of aromatic amines is 1. The van der Waals surface area contributed by atoms with Gasteiger partial charge in [0.05, 0.1) is 17.6 Å². The van der Waals surface area contributed by atoms with Gasteiger partial charge in [-0.15, -0.1) is 0 Å². The van der Waals surface area contributed by atoms with Gasteiger partial charge in [0.1, 0.15) is 5.82 Å². The second-order valence-electron chi connectivity index (χ2n) is 6.59. The molecule has 1 aliphatic rings. The molecular weight excluding hydrogens is 308 g/mol. The monoisotopic (exact) mass is 332 g/mol. The number of benzene rings is 2. The van der Waals surface area contributed by atoms with Crippen LogP contribution in [0.25, 0.3) is 17.1 Å². The van der Waals surface area contributed by atoms with Gasteiger partial charge < -0.3 is 4.98 Å². The zero-order valence-electron chi connectivity index (χ0n) is 14.4. The molecule has 2 aromatic carbocycles. The van der Waals surface area contributed by atoms with E-state index in [0.29, 0.717) is 0 Å². The molecule has 0 radical (unpaired) electrons. The standard InChI is InChI=1S/C21H24N4/c1-2-7-18(8-3-1)9-6-12-24-13-15-25(16-14-24)17-21-22-19-10-4-5-11-20(19)23-21/h1-11H,12-17H2,(H,22,23)/b9-6+. The molecule has 1 fully saturated rings. The predicted molar refractivity (Wildman–Crippen MR) is 103 cm³/mol. The molecule has 128 valence electrons. The number of H-pyrrole nitrogens is 1. The first-order chi connectivity index (χ1) is 12.4. The third-order valence-corrected chi connectivity index (χ3v) is 4.75. The molecule has 0 unspecified atom stereocenters. The Morgan fingerprint density at radius 1 is 0.880 bits per heavy atom. The van der Waals surface area contributed by atoms with Crippen molar-refractivity contribution in [2.75, 3.05) is 32.7 Å². The summed E-state index contributed by atoms with van der Waals surface area (Å²) in [6, 6.07) is 18.7. The summed E-state index contributed by atoms with van der Waals surface area (Å²) in [4.78, 5) is 13.1. The Bertz CT molecular complexity index is 796. The SMILES string of the molecule is C(=C\c1ccccc1)/CN1CCN(Cc2nc3ccccc3[nH]2)CC1. The molecule has 0 spiro atoms. The molecule has 4 rings (SSSR count). The Morgan fingerprint density at radius 2 is 1.60 bits per heavy atom. The number of aromatic nitrogens is 2. The van der Waals surface area contributed by atoms with Crippen LogP contribution in [-0.4, -0.2) is 52.5 Å². The number of nitrogens with zero attached hydrogens (tertiary/aromatic N) is 3. The maximum absolute atomic E-state index is 4.69. The van der Waals surface area contributed by atoms with Crippen LogP contribution in [0.15, 0.2) is 60.7 Å². The zero-order chi connectivity index (χ0) is 16.9. The van der Waals surface area contributed by atoms with Gasteiger partial charge in [0.15, 0.2) is 0 Å². The second-order valence-corrected chi connectivity index (χ2v) is 6.59. The number of hydrogen-bond donors (Lipinski definition) is 1. The Morgan fingerprint density at radius 3 is 2.40 bits per heavy atom. The topological polar surface area (TPSA) is 35.2 Å². The first kappa shape index (κ1) is 16.1. The van der Waals surface area contributed by atoms with Crippen LogP contribution in [0.2, 0.25) is 0 Å². The normalized spacial score (nSPS) is 16.8. The summed E-state index contributed by atoms with van der Waals surface area (Å²) >= 11 is 0. The fraction of sp³-hybridized carbons (Fsp3) is 0.286. The van der Waals surface area contributed by atoms with Gasteiger partial charge in [-0.2, -0.15) is 0 Å². The third-order valence-electron chi connectivity index (χ3n) is 4.75. The van der Waals surface area contributed by atoms with Gasteiger partial charge in [-0.05, 0) is 17.7 Å². The fourth-order valence-corrected chi connectivity index (χ4v) is 3.32. The summed E-state index contributed by atoms with van der Waals surface area (Å²) in [6.45, 7) is 6.33. The van der Waals surface area contributed by atoms with E-state index >= 15 is 0 Å². The Kier molecular flexibility index (Phi) is 4.91. The van der Waals surface area contributed by atoms with Crippen molar-refractivity contribution in [1.82, 2.24) is 19.8 Å². The summed E-state index contributed by atoms with van der Waals surface area (Å²) in [6.07, 6.45) is 4.48. The van der Waals surface area contributed by atoms with E-state index in [0.717, 1.165) is 56.1 Å². The lowest BCUT2D eigenvalue weighted by Crippen LogP contribution is -2.45. The van der Waals surface area contributed by atoms with Gasteiger partial charge in [0, 0.05) is 32.7 Å². The van der Waals surface area contributed by atoms with E-state index in [1.54, 1.807) is 0 Å². The van der Waals surface area contributed by atoms with Crippen LogP contribution in [-0.2, 0) is 6.54 Å². The van der Waals surface area contributed by atoms with Crippen LogP contribution in [0.4, 0.5) is 0 Å². The van der Waals surface area contributed by atoms with Crippen molar-refractivity contribution in [3.05, 3.63) is 72.1 Å². The minimum absolute atomic E-state index is 0.905. The summed E-state index contributed by atoms with van der Waals surface area (Å²) in [7, 11) is 0. The average molecular weight is 332 g/mol. The minimum atomic E-state index is 0.905. The van der Waals surface area contributed by atoms with E-state index in [1.165, 1.54) is 5.56 Å². The number of nitrogens with one attached hydrogen (secondary N) is 1. The summed E-state index contributed by atoms with van der Waals surface area (Å²) in [5.74, 6) is 1.07. The first-order valence-corrected chi connectivity index (χ1v) is 8.97. The molecule has 1 aliphatic heterocycles. The highest BCUT2D eigenvalue weighted by Crippen LogP contribution is 2.13. The summed E-state index contributed by atoms with van der Waals surface area (Å²) in [5, 5.41) is 0. The van der Waals surface area contributed by atoms with Crippen molar-refractivity contribution in [1.29, 1.82) is 0 Å². The lowest BCUT2D eigenvalue weighted by molar-refractivity contribution is 0.135. The second kappa shape index (κ2) is 7.64. The third kappa shape index (κ3) is 4.16. The molecular formula is C21H24N4. The van der Waals surface area contributed by atoms with Crippen LogP contribution in [0.1, 0.15) is 11.4 Å². The van der Waals surface area contributed by atoms with Gasteiger partial charge in [-0.25, -0.2) is 4.98 Å². The highest BCUT2D eigenvalue weighted by atomic mass is 15.3. The average Bonchev–Trinajstić information content (AvgIpc) is 3.06. The minimum Gasteiger partial charge on any atom is -0.341 e. The van der Waals surface area contributed by atoms with Crippen LogP contribution in [0.3, 0.4) is 0 Å². The zero-order valence-corrected chi connectivity index (χ0v) is 14.4. The van der Waals surface area contributed by atoms with Crippen molar-refractivity contribution in [2.45, 2.75) is 6.54 Å². The van der Waals surface area contributed by atoms with Gasteiger partial charge in [-0.1, -0.05) is 54.6 Å². The van der Waals surface area contributed by atoms with Crippen LogP contribution in [0.5, 0.6) is 0 Å². The van der Waals surface area contributed by atoms with Gasteiger partial charge >= 0.3 is 0 Å². The van der Waals surface area contributed by atoms with Gasteiger partial charge in [0.2, 0.25) is 0 Å². The summed E-state index contributed by atoms with van der Waals surface area (Å²) in [5.41, 5.74) is 3.45. The Balaban J connectivity index is 1.26. The fourth-order valence-electron chi connectivity index (χ4n) is 3.32. The van der Waals surface area contributed by atoms with Crippen molar-refractivity contribution < 1.29 is 0 Å². The lowest BCUT2D eigenvalue weighted by Gasteiger charge is -2.33. The number of piperazine rings is 1. The Hall–Kier alpha value is -2.43. The van der Waals surface area contributed by atoms with E-state index in [9.17, 15) is 0 Å². The van der Waals surface area contributed by atoms with Crippen LogP contribution >= 0.6 is 0 Å². The van der Waals surface area contributed by atoms with Crippen LogP contribution in [0, 0.1) is 0 Å². The van der Waals surface area contributed by atoms with E-state index in [4.69, 9.17) is 0 Å². The molecule has 2 heterocycles. The number of rotatable bonds is 5. The number of hydrogen-bond acceptors (Lipinski definition) is 3. The van der Waals surface area contributed by atoms with Gasteiger partial charge in [-0.3, -0.25) is 9.80 Å². The number of fused-ring (bicyclic) bond motifs is 1. The molecule has 1 aromatic heterocycles. The van der Waals surface area contributed by atoms with Crippen molar-refractivity contribution in [2.24, 2.45) is 0 Å². The molecule has 4 nitrogen and oxygen atoms in total. The molecule has 0 amide bonds. The highest BCUT2D eigenvalue weighted by molar-refractivity contribution is 5.74. The Labute approximate surface area is 148 Å². The molecule has 0 saturated carbocycles.